The van der Waals surface area contributed by atoms with E-state index in [-0.39, 0.29) is 24.4 Å². The topological polar surface area (TPSA) is 62.2 Å². The van der Waals surface area contributed by atoms with Gasteiger partial charge in [-0.25, -0.2) is 4.98 Å². The summed E-state index contributed by atoms with van der Waals surface area (Å²) in [6.45, 7) is 3.41. The third kappa shape index (κ3) is 4.70. The number of nitrogens with zero attached hydrogens (tertiary/aromatic N) is 3. The molecule has 9 heteroatoms. The predicted molar refractivity (Wildman–Crippen MR) is 98.8 cm³/mol. The van der Waals surface area contributed by atoms with Crippen molar-refractivity contribution in [2.75, 3.05) is 26.2 Å². The molecule has 1 amide bonds. The van der Waals surface area contributed by atoms with Crippen LogP contribution in [0.5, 0.6) is 0 Å². The van der Waals surface area contributed by atoms with E-state index in [0.29, 0.717) is 13.1 Å². The number of nitrogens with one attached hydrogen (secondary N) is 2. The maximum atomic E-state index is 12.3. The van der Waals surface area contributed by atoms with Crippen LogP contribution >= 0.6 is 35.3 Å². The van der Waals surface area contributed by atoms with Crippen molar-refractivity contribution >= 4 is 41.3 Å². The third-order valence-corrected chi connectivity index (χ3v) is 5.18. The molecule has 0 radical (unpaired) electrons. The van der Waals surface area contributed by atoms with E-state index in [9.17, 15) is 4.79 Å². The molecule has 0 spiro atoms. The molecule has 1 unspecified atom stereocenters. The molecule has 0 aromatic carbocycles. The first kappa shape index (κ1) is 19.2. The smallest absolute Gasteiger partial charge is 0.234 e. The number of halogens is 2. The van der Waals surface area contributed by atoms with Crippen LogP contribution in [0, 0.1) is 0 Å². The summed E-state index contributed by atoms with van der Waals surface area (Å²) in [4.78, 5) is 19.9. The van der Waals surface area contributed by atoms with E-state index >= 15 is 0 Å². The molecule has 2 aromatic heterocycles. The van der Waals surface area contributed by atoms with Crippen molar-refractivity contribution in [1.29, 1.82) is 0 Å². The van der Waals surface area contributed by atoms with E-state index in [1.54, 1.807) is 6.20 Å². The summed E-state index contributed by atoms with van der Waals surface area (Å²) in [5, 5.41) is 6.34. The maximum absolute atomic E-state index is 12.3. The van der Waals surface area contributed by atoms with Crippen molar-refractivity contribution in [2.45, 2.75) is 12.6 Å². The molecule has 2 aromatic rings. The molecule has 0 aliphatic carbocycles. The fourth-order valence-electron chi connectivity index (χ4n) is 2.76. The number of aryl methyl sites for hydroxylation is 1. The first-order valence-electron chi connectivity index (χ1n) is 7.56. The summed E-state index contributed by atoms with van der Waals surface area (Å²) in [7, 11) is 1.98. The first-order valence-corrected chi connectivity index (χ1v) is 8.76. The maximum Gasteiger partial charge on any atom is 0.234 e. The van der Waals surface area contributed by atoms with Crippen LogP contribution in [0.15, 0.2) is 24.5 Å². The minimum absolute atomic E-state index is 0. The van der Waals surface area contributed by atoms with Gasteiger partial charge in [0.2, 0.25) is 5.91 Å². The normalized spacial score (nSPS) is 18.2. The highest BCUT2D eigenvalue weighted by Gasteiger charge is 2.28. The second kappa shape index (κ2) is 8.82. The molecule has 1 atom stereocenters. The zero-order valence-corrected chi connectivity index (χ0v) is 15.8. The molecule has 132 valence electrons. The van der Waals surface area contributed by atoms with Gasteiger partial charge in [0.15, 0.2) is 0 Å². The Hall–Kier alpha value is -1.12. The standard InChI is InChI=1S/C15H20ClN5OS.ClH/c1-20-6-5-18-15(20)12-9-17-4-7-21(12)10-14(22)19-8-11-2-3-13(16)23-11;/h2-3,5-6,12,17H,4,7-10H2,1H3,(H,19,22);1H. The molecule has 1 saturated heterocycles. The molecular formula is C15H21Cl2N5OS. The number of imidazole rings is 1. The van der Waals surface area contributed by atoms with Gasteiger partial charge in [-0.1, -0.05) is 11.6 Å². The Kier molecular flexibility index (Phi) is 7.06. The number of thiophene rings is 1. The lowest BCUT2D eigenvalue weighted by Gasteiger charge is -2.35. The van der Waals surface area contributed by atoms with E-state index in [2.05, 4.69) is 20.5 Å². The van der Waals surface area contributed by atoms with Crippen LogP contribution < -0.4 is 10.6 Å². The molecule has 3 heterocycles. The molecule has 3 rings (SSSR count). The SMILES string of the molecule is Cl.Cn1ccnc1C1CNCCN1CC(=O)NCc1ccc(Cl)s1. The first-order chi connectivity index (χ1) is 11.1. The molecule has 1 fully saturated rings. The van der Waals surface area contributed by atoms with Crippen molar-refractivity contribution in [2.24, 2.45) is 7.05 Å². The number of carbonyl (C=O) groups is 1. The summed E-state index contributed by atoms with van der Waals surface area (Å²) in [6, 6.07) is 3.90. The average molecular weight is 390 g/mol. The summed E-state index contributed by atoms with van der Waals surface area (Å²) >= 11 is 7.39. The van der Waals surface area contributed by atoms with E-state index in [0.717, 1.165) is 34.7 Å². The van der Waals surface area contributed by atoms with Crippen LogP contribution in [0.1, 0.15) is 16.7 Å². The van der Waals surface area contributed by atoms with Crippen LogP contribution in [0.3, 0.4) is 0 Å². The van der Waals surface area contributed by atoms with Gasteiger partial charge >= 0.3 is 0 Å². The highest BCUT2D eigenvalue weighted by Crippen LogP contribution is 2.21. The van der Waals surface area contributed by atoms with Gasteiger partial charge in [0.05, 0.1) is 23.5 Å². The Morgan fingerprint density at radius 3 is 3.04 bits per heavy atom. The quantitative estimate of drug-likeness (QED) is 0.818. The van der Waals surface area contributed by atoms with Gasteiger partial charge < -0.3 is 15.2 Å². The average Bonchev–Trinajstić information content (AvgIpc) is 3.14. The van der Waals surface area contributed by atoms with Crippen molar-refractivity contribution < 1.29 is 4.79 Å². The van der Waals surface area contributed by atoms with Crippen LogP contribution in [0.25, 0.3) is 0 Å². The molecule has 1 aliphatic rings. The van der Waals surface area contributed by atoms with Gasteiger partial charge in [0.25, 0.3) is 0 Å². The fourth-order valence-corrected chi connectivity index (χ4v) is 3.79. The number of hydrogen-bond acceptors (Lipinski definition) is 5. The predicted octanol–water partition coefficient (Wildman–Crippen LogP) is 1.82. The van der Waals surface area contributed by atoms with Crippen molar-refractivity contribution in [3.63, 3.8) is 0 Å². The van der Waals surface area contributed by atoms with Crippen LogP contribution in [-0.4, -0.2) is 46.5 Å². The monoisotopic (exact) mass is 389 g/mol. The Morgan fingerprint density at radius 1 is 1.54 bits per heavy atom. The van der Waals surface area contributed by atoms with E-state index in [1.165, 1.54) is 11.3 Å². The molecule has 24 heavy (non-hydrogen) atoms. The molecule has 2 N–H and O–H groups in total. The minimum atomic E-state index is 0. The van der Waals surface area contributed by atoms with Crippen LogP contribution in [-0.2, 0) is 18.4 Å². The van der Waals surface area contributed by atoms with Crippen LogP contribution in [0.2, 0.25) is 4.34 Å². The number of piperazine rings is 1. The Balaban J connectivity index is 0.00000208. The molecule has 0 saturated carbocycles. The highest BCUT2D eigenvalue weighted by molar-refractivity contribution is 7.16. The zero-order valence-electron chi connectivity index (χ0n) is 13.4. The van der Waals surface area contributed by atoms with Crippen molar-refractivity contribution in [3.8, 4) is 0 Å². The van der Waals surface area contributed by atoms with E-state index < -0.39 is 0 Å². The Morgan fingerprint density at radius 2 is 2.38 bits per heavy atom. The van der Waals surface area contributed by atoms with Crippen LogP contribution in [0.4, 0.5) is 0 Å². The summed E-state index contributed by atoms with van der Waals surface area (Å²) in [5.74, 6) is 1.01. The molecule has 1 aliphatic heterocycles. The van der Waals surface area contributed by atoms with Gasteiger partial charge in [0.1, 0.15) is 5.82 Å². The summed E-state index contributed by atoms with van der Waals surface area (Å²) < 4.78 is 2.75. The molecular weight excluding hydrogens is 369 g/mol. The number of aromatic nitrogens is 2. The number of rotatable bonds is 5. The van der Waals surface area contributed by atoms with E-state index in [4.69, 9.17) is 11.6 Å². The second-order valence-corrected chi connectivity index (χ2v) is 7.37. The van der Waals surface area contributed by atoms with Gasteiger partial charge in [-0.05, 0) is 12.1 Å². The second-order valence-electron chi connectivity index (χ2n) is 5.57. The van der Waals surface area contributed by atoms with Crippen molar-refractivity contribution in [1.82, 2.24) is 25.1 Å². The minimum Gasteiger partial charge on any atom is -0.350 e. The summed E-state index contributed by atoms with van der Waals surface area (Å²) in [5.41, 5.74) is 0. The van der Waals surface area contributed by atoms with Gasteiger partial charge in [-0.15, -0.1) is 23.7 Å². The lowest BCUT2D eigenvalue weighted by Crippen LogP contribution is -2.50. The third-order valence-electron chi connectivity index (χ3n) is 3.95. The van der Waals surface area contributed by atoms with Gasteiger partial charge in [-0.2, -0.15) is 0 Å². The number of carbonyl (C=O) groups excluding carboxylic acids is 1. The lowest BCUT2D eigenvalue weighted by atomic mass is 10.1. The molecule has 6 nitrogen and oxygen atoms in total. The Labute approximate surface area is 156 Å². The van der Waals surface area contributed by atoms with E-state index in [1.807, 2.05) is 29.9 Å². The number of amides is 1. The van der Waals surface area contributed by atoms with Gasteiger partial charge in [-0.3, -0.25) is 9.69 Å². The molecule has 0 bridgehead atoms. The fraction of sp³-hybridized carbons (Fsp3) is 0.467. The number of hydrogen-bond donors (Lipinski definition) is 2. The zero-order chi connectivity index (χ0) is 16.2. The lowest BCUT2D eigenvalue weighted by molar-refractivity contribution is -0.123. The van der Waals surface area contributed by atoms with Gasteiger partial charge in [0, 0.05) is 44.0 Å². The summed E-state index contributed by atoms with van der Waals surface area (Å²) in [6.07, 6.45) is 3.73. The van der Waals surface area contributed by atoms with Crippen molar-refractivity contribution in [3.05, 3.63) is 39.6 Å². The Bertz CT molecular complexity index is 674. The highest BCUT2D eigenvalue weighted by atomic mass is 35.5. The largest absolute Gasteiger partial charge is 0.350 e.